The number of rotatable bonds is 6. The first-order valence-electron chi connectivity index (χ1n) is 4.80. The minimum Gasteiger partial charge on any atom is -0.497 e. The Kier molecular flexibility index (Phi) is 4.93. The first kappa shape index (κ1) is 11.8. The van der Waals surface area contributed by atoms with Gasteiger partial charge >= 0.3 is 0 Å². The molecule has 1 aromatic rings. The van der Waals surface area contributed by atoms with Crippen LogP contribution in [0.15, 0.2) is 18.2 Å². The summed E-state index contributed by atoms with van der Waals surface area (Å²) in [6, 6.07) is 5.64. The number of hydrogen-bond acceptors (Lipinski definition) is 4. The molecule has 0 atom stereocenters. The van der Waals surface area contributed by atoms with E-state index >= 15 is 0 Å². The van der Waals surface area contributed by atoms with E-state index in [1.807, 2.05) is 18.2 Å². The summed E-state index contributed by atoms with van der Waals surface area (Å²) in [5.41, 5.74) is 6.32. The zero-order valence-corrected chi connectivity index (χ0v) is 9.16. The maximum atomic E-state index is 5.34. The lowest BCUT2D eigenvalue weighted by atomic mass is 10.2. The van der Waals surface area contributed by atoms with E-state index in [-0.39, 0.29) is 0 Å². The van der Waals surface area contributed by atoms with Gasteiger partial charge in [-0.2, -0.15) is 0 Å². The SMILES string of the molecule is COc1ccc(COCCN)c(OC)c1. The van der Waals surface area contributed by atoms with E-state index in [1.165, 1.54) is 0 Å². The third kappa shape index (κ3) is 3.42. The largest absolute Gasteiger partial charge is 0.497 e. The lowest BCUT2D eigenvalue weighted by molar-refractivity contribution is 0.126. The Morgan fingerprint density at radius 3 is 2.60 bits per heavy atom. The predicted molar refractivity (Wildman–Crippen MR) is 58.3 cm³/mol. The second-order valence-corrected chi connectivity index (χ2v) is 3.02. The van der Waals surface area contributed by atoms with Crippen molar-refractivity contribution in [3.63, 3.8) is 0 Å². The Labute approximate surface area is 89.9 Å². The maximum absolute atomic E-state index is 5.34. The molecule has 0 aromatic heterocycles. The van der Waals surface area contributed by atoms with E-state index in [0.717, 1.165) is 17.1 Å². The summed E-state index contributed by atoms with van der Waals surface area (Å²) in [6.07, 6.45) is 0. The summed E-state index contributed by atoms with van der Waals surface area (Å²) in [5, 5.41) is 0. The molecule has 2 N–H and O–H groups in total. The maximum Gasteiger partial charge on any atom is 0.128 e. The van der Waals surface area contributed by atoms with Gasteiger partial charge < -0.3 is 19.9 Å². The Morgan fingerprint density at radius 1 is 1.20 bits per heavy atom. The minimum absolute atomic E-state index is 0.504. The molecule has 0 aliphatic carbocycles. The smallest absolute Gasteiger partial charge is 0.128 e. The number of methoxy groups -OCH3 is 2. The second-order valence-electron chi connectivity index (χ2n) is 3.02. The van der Waals surface area contributed by atoms with E-state index in [1.54, 1.807) is 14.2 Å². The van der Waals surface area contributed by atoms with Gasteiger partial charge in [-0.1, -0.05) is 0 Å². The quantitative estimate of drug-likeness (QED) is 0.718. The van der Waals surface area contributed by atoms with Crippen LogP contribution in [0, 0.1) is 0 Å². The van der Waals surface area contributed by atoms with Gasteiger partial charge in [0.15, 0.2) is 0 Å². The average molecular weight is 211 g/mol. The molecule has 1 aromatic carbocycles. The molecular weight excluding hydrogens is 194 g/mol. The van der Waals surface area contributed by atoms with Crippen molar-refractivity contribution in [1.82, 2.24) is 0 Å². The summed E-state index contributed by atoms with van der Waals surface area (Å²) < 4.78 is 15.7. The average Bonchev–Trinajstić information content (AvgIpc) is 2.29. The first-order chi connectivity index (χ1) is 7.31. The predicted octanol–water partition coefficient (Wildman–Crippen LogP) is 1.18. The number of hydrogen-bond donors (Lipinski definition) is 1. The fraction of sp³-hybridized carbons (Fsp3) is 0.455. The Bertz CT molecular complexity index is 302. The zero-order valence-electron chi connectivity index (χ0n) is 9.16. The van der Waals surface area contributed by atoms with Crippen LogP contribution in [0.4, 0.5) is 0 Å². The highest BCUT2D eigenvalue weighted by atomic mass is 16.5. The van der Waals surface area contributed by atoms with Crippen molar-refractivity contribution in [1.29, 1.82) is 0 Å². The van der Waals surface area contributed by atoms with Gasteiger partial charge in [-0.05, 0) is 12.1 Å². The Balaban J connectivity index is 2.69. The summed E-state index contributed by atoms with van der Waals surface area (Å²) >= 11 is 0. The van der Waals surface area contributed by atoms with Gasteiger partial charge in [-0.3, -0.25) is 0 Å². The molecular formula is C11H17NO3. The van der Waals surface area contributed by atoms with E-state index in [0.29, 0.717) is 19.8 Å². The third-order valence-electron chi connectivity index (χ3n) is 2.01. The molecule has 4 heteroatoms. The molecule has 0 radical (unpaired) electrons. The highest BCUT2D eigenvalue weighted by molar-refractivity contribution is 5.40. The molecule has 1 rings (SSSR count). The molecule has 0 saturated carbocycles. The molecule has 0 aliphatic rings. The first-order valence-corrected chi connectivity index (χ1v) is 4.80. The van der Waals surface area contributed by atoms with Crippen molar-refractivity contribution in [2.24, 2.45) is 5.73 Å². The lowest BCUT2D eigenvalue weighted by Crippen LogP contribution is -2.08. The standard InChI is InChI=1S/C11H17NO3/c1-13-10-4-3-9(8-15-6-5-12)11(7-10)14-2/h3-4,7H,5-6,8,12H2,1-2H3. The van der Waals surface area contributed by atoms with Crippen molar-refractivity contribution in [3.05, 3.63) is 23.8 Å². The van der Waals surface area contributed by atoms with Crippen LogP contribution in [0.1, 0.15) is 5.56 Å². The molecule has 4 nitrogen and oxygen atoms in total. The van der Waals surface area contributed by atoms with Crippen molar-refractivity contribution in [2.45, 2.75) is 6.61 Å². The van der Waals surface area contributed by atoms with Gasteiger partial charge in [0, 0.05) is 18.2 Å². The zero-order chi connectivity index (χ0) is 11.1. The number of ether oxygens (including phenoxy) is 3. The molecule has 0 fully saturated rings. The van der Waals surface area contributed by atoms with Gasteiger partial charge in [0.2, 0.25) is 0 Å². The number of benzene rings is 1. The van der Waals surface area contributed by atoms with Crippen molar-refractivity contribution in [2.75, 3.05) is 27.4 Å². The highest BCUT2D eigenvalue weighted by Crippen LogP contribution is 2.24. The molecule has 0 heterocycles. The van der Waals surface area contributed by atoms with Gasteiger partial charge in [-0.15, -0.1) is 0 Å². The minimum atomic E-state index is 0.504. The molecule has 0 amide bonds. The van der Waals surface area contributed by atoms with Crippen molar-refractivity contribution in [3.8, 4) is 11.5 Å². The molecule has 0 saturated heterocycles. The van der Waals surface area contributed by atoms with Crippen LogP contribution in [0.3, 0.4) is 0 Å². The fourth-order valence-corrected chi connectivity index (χ4v) is 1.24. The van der Waals surface area contributed by atoms with Crippen molar-refractivity contribution < 1.29 is 14.2 Å². The van der Waals surface area contributed by atoms with Crippen LogP contribution in [-0.2, 0) is 11.3 Å². The summed E-state index contributed by atoms with van der Waals surface area (Å²) in [7, 11) is 3.25. The van der Waals surface area contributed by atoms with E-state index < -0.39 is 0 Å². The summed E-state index contributed by atoms with van der Waals surface area (Å²) in [4.78, 5) is 0. The van der Waals surface area contributed by atoms with Crippen LogP contribution in [0.5, 0.6) is 11.5 Å². The molecule has 0 spiro atoms. The third-order valence-corrected chi connectivity index (χ3v) is 2.01. The van der Waals surface area contributed by atoms with E-state index in [2.05, 4.69) is 0 Å². The second kappa shape index (κ2) is 6.27. The van der Waals surface area contributed by atoms with Crippen LogP contribution in [0.2, 0.25) is 0 Å². The van der Waals surface area contributed by atoms with E-state index in [4.69, 9.17) is 19.9 Å². The monoisotopic (exact) mass is 211 g/mol. The van der Waals surface area contributed by atoms with Gasteiger partial charge in [0.25, 0.3) is 0 Å². The fourth-order valence-electron chi connectivity index (χ4n) is 1.24. The highest BCUT2D eigenvalue weighted by Gasteiger charge is 2.04. The van der Waals surface area contributed by atoms with Crippen LogP contribution in [-0.4, -0.2) is 27.4 Å². The summed E-state index contributed by atoms with van der Waals surface area (Å²) in [5.74, 6) is 1.54. The molecule has 0 unspecified atom stereocenters. The lowest BCUT2D eigenvalue weighted by Gasteiger charge is -2.10. The topological polar surface area (TPSA) is 53.7 Å². The van der Waals surface area contributed by atoms with Crippen LogP contribution in [0.25, 0.3) is 0 Å². The van der Waals surface area contributed by atoms with Gasteiger partial charge in [-0.25, -0.2) is 0 Å². The van der Waals surface area contributed by atoms with Crippen LogP contribution >= 0.6 is 0 Å². The molecule has 0 bridgehead atoms. The van der Waals surface area contributed by atoms with Crippen molar-refractivity contribution >= 4 is 0 Å². The summed E-state index contributed by atoms with van der Waals surface area (Å²) in [6.45, 7) is 1.58. The molecule has 0 aliphatic heterocycles. The van der Waals surface area contributed by atoms with E-state index in [9.17, 15) is 0 Å². The normalized spacial score (nSPS) is 10.1. The van der Waals surface area contributed by atoms with Gasteiger partial charge in [0.05, 0.1) is 27.4 Å². The molecule has 84 valence electrons. The Morgan fingerprint density at radius 2 is 2.00 bits per heavy atom. The number of nitrogens with two attached hydrogens (primary N) is 1. The Hall–Kier alpha value is -1.26. The van der Waals surface area contributed by atoms with Crippen LogP contribution < -0.4 is 15.2 Å². The molecule has 15 heavy (non-hydrogen) atoms. The van der Waals surface area contributed by atoms with Gasteiger partial charge in [0.1, 0.15) is 11.5 Å².